The Bertz CT molecular complexity index is 1830. The van der Waals surface area contributed by atoms with E-state index in [9.17, 15) is 36.3 Å². The second-order valence-electron chi connectivity index (χ2n) is 9.29. The van der Waals surface area contributed by atoms with E-state index < -0.39 is 58.3 Å². The molecule has 5 aromatic rings. The zero-order chi connectivity index (χ0) is 31.0. The van der Waals surface area contributed by atoms with E-state index in [1.54, 1.807) is 0 Å². The Labute approximate surface area is 243 Å². The molecule has 0 amide bonds. The third kappa shape index (κ3) is 5.91. The summed E-state index contributed by atoms with van der Waals surface area (Å²) in [5, 5.41) is 30.0. The quantitative estimate of drug-likeness (QED) is 0.110. The van der Waals surface area contributed by atoms with Crippen molar-refractivity contribution in [2.24, 2.45) is 0 Å². The van der Waals surface area contributed by atoms with Crippen molar-refractivity contribution in [3.05, 3.63) is 118 Å². The molecule has 0 saturated heterocycles. The minimum Gasteiger partial charge on any atom is -0.618 e. The number of rotatable bonds is 9. The standard InChI is InChI=1S/C28H18ClF6N5O3/c29-20-5-4-19(26(32)33)24(25(20)31)15-2-6-22(40(43)13-15)23(10-17-7-8-38(37-17)28(34)35)39-12-16(11-36-39)14-1-3-18(27(41)42)21(30)9-14/h1-9,11-13,23,26,28H,10H2,(H,41,42)/t23-/m1/s1. The first-order valence-electron chi connectivity index (χ1n) is 12.3. The fraction of sp³-hybridized carbons (Fsp3) is 0.143. The fourth-order valence-electron chi connectivity index (χ4n) is 4.59. The lowest BCUT2D eigenvalue weighted by Gasteiger charge is -2.18. The van der Waals surface area contributed by atoms with Gasteiger partial charge in [-0.2, -0.15) is 23.7 Å². The van der Waals surface area contributed by atoms with Crippen LogP contribution in [0.2, 0.25) is 5.02 Å². The van der Waals surface area contributed by atoms with Gasteiger partial charge in [0.2, 0.25) is 5.69 Å². The Morgan fingerprint density at radius 2 is 1.74 bits per heavy atom. The molecule has 0 aliphatic heterocycles. The van der Waals surface area contributed by atoms with Crippen LogP contribution >= 0.6 is 11.6 Å². The first-order chi connectivity index (χ1) is 20.4. The molecule has 3 heterocycles. The number of carbonyl (C=O) groups is 1. The molecule has 5 rings (SSSR count). The SMILES string of the molecule is O=C(O)c1ccc(-c2cnn([C@H](Cc3ccn(C(F)F)n3)c3ccc(-c4c(C(F)F)ccc(Cl)c4F)c[n+]3[O-])c2)cc1F. The number of benzene rings is 2. The number of halogens is 7. The molecule has 0 spiro atoms. The van der Waals surface area contributed by atoms with Crippen molar-refractivity contribution in [3.63, 3.8) is 0 Å². The van der Waals surface area contributed by atoms with Gasteiger partial charge in [0.15, 0.2) is 6.20 Å². The maximum Gasteiger partial charge on any atom is 0.338 e. The predicted molar refractivity (Wildman–Crippen MR) is 141 cm³/mol. The van der Waals surface area contributed by atoms with Crippen molar-refractivity contribution in [2.75, 3.05) is 0 Å². The van der Waals surface area contributed by atoms with E-state index in [0.717, 1.165) is 36.7 Å². The summed E-state index contributed by atoms with van der Waals surface area (Å²) >= 11 is 5.81. The van der Waals surface area contributed by atoms with E-state index in [-0.39, 0.29) is 28.9 Å². The number of aromatic nitrogens is 5. The van der Waals surface area contributed by atoms with Crippen LogP contribution in [-0.4, -0.2) is 30.6 Å². The smallest absolute Gasteiger partial charge is 0.338 e. The van der Waals surface area contributed by atoms with E-state index in [4.69, 9.17) is 16.7 Å². The normalized spacial score (nSPS) is 12.3. The van der Waals surface area contributed by atoms with Crippen LogP contribution < -0.4 is 4.73 Å². The summed E-state index contributed by atoms with van der Waals surface area (Å²) in [4.78, 5) is 11.2. The number of nitrogens with zero attached hydrogens (tertiary/aromatic N) is 5. The van der Waals surface area contributed by atoms with Gasteiger partial charge in [0.1, 0.15) is 17.7 Å². The molecule has 222 valence electrons. The molecule has 1 N–H and O–H groups in total. The summed E-state index contributed by atoms with van der Waals surface area (Å²) in [6, 6.07) is 8.12. The van der Waals surface area contributed by atoms with Crippen LogP contribution in [0.1, 0.15) is 46.3 Å². The molecule has 0 saturated carbocycles. The highest BCUT2D eigenvalue weighted by atomic mass is 35.5. The molecule has 43 heavy (non-hydrogen) atoms. The number of aromatic carboxylic acids is 1. The molecule has 0 bridgehead atoms. The Morgan fingerprint density at radius 1 is 1.00 bits per heavy atom. The van der Waals surface area contributed by atoms with E-state index in [1.165, 1.54) is 41.3 Å². The predicted octanol–water partition coefficient (Wildman–Crippen LogP) is 6.84. The average Bonchev–Trinajstić information content (AvgIpc) is 3.63. The minimum atomic E-state index is -3.07. The first kappa shape index (κ1) is 29.6. The number of carboxylic acids is 1. The summed E-state index contributed by atoms with van der Waals surface area (Å²) < 4.78 is 84.8. The molecule has 15 heteroatoms. The maximum absolute atomic E-state index is 14.9. The minimum absolute atomic E-state index is 0.0431. The molecule has 3 aromatic heterocycles. The molecule has 1 atom stereocenters. The largest absolute Gasteiger partial charge is 0.618 e. The Balaban J connectivity index is 1.58. The van der Waals surface area contributed by atoms with Crippen molar-refractivity contribution in [2.45, 2.75) is 25.4 Å². The van der Waals surface area contributed by atoms with Gasteiger partial charge in [-0.3, -0.25) is 4.68 Å². The second kappa shape index (κ2) is 11.8. The highest BCUT2D eigenvalue weighted by Crippen LogP contribution is 2.36. The topological polar surface area (TPSA) is 99.9 Å². The third-order valence-electron chi connectivity index (χ3n) is 6.66. The number of carboxylic acid groups (broad SMARTS) is 1. The monoisotopic (exact) mass is 621 g/mol. The maximum atomic E-state index is 14.9. The van der Waals surface area contributed by atoms with Crippen molar-refractivity contribution in [1.82, 2.24) is 19.6 Å². The molecule has 0 aliphatic carbocycles. The van der Waals surface area contributed by atoms with Crippen molar-refractivity contribution >= 4 is 17.6 Å². The Morgan fingerprint density at radius 3 is 2.37 bits per heavy atom. The summed E-state index contributed by atoms with van der Waals surface area (Å²) in [6.07, 6.45) is 1.44. The molecular formula is C28H18ClF6N5O3. The molecule has 0 fully saturated rings. The van der Waals surface area contributed by atoms with Crippen molar-refractivity contribution < 1.29 is 41.0 Å². The molecule has 8 nitrogen and oxygen atoms in total. The van der Waals surface area contributed by atoms with Crippen LogP contribution in [0.15, 0.2) is 73.3 Å². The highest BCUT2D eigenvalue weighted by molar-refractivity contribution is 6.31. The van der Waals surface area contributed by atoms with Gasteiger partial charge in [0.05, 0.1) is 28.0 Å². The fourth-order valence-corrected chi connectivity index (χ4v) is 4.75. The van der Waals surface area contributed by atoms with Gasteiger partial charge in [-0.25, -0.2) is 27.0 Å². The molecular weight excluding hydrogens is 604 g/mol. The lowest BCUT2D eigenvalue weighted by atomic mass is 9.99. The molecule has 0 unspecified atom stereocenters. The second-order valence-corrected chi connectivity index (χ2v) is 9.70. The van der Waals surface area contributed by atoms with Crippen molar-refractivity contribution in [3.8, 4) is 22.3 Å². The summed E-state index contributed by atoms with van der Waals surface area (Å²) in [6.45, 7) is -2.92. The highest BCUT2D eigenvalue weighted by Gasteiger charge is 2.28. The van der Waals surface area contributed by atoms with Gasteiger partial charge >= 0.3 is 12.5 Å². The van der Waals surface area contributed by atoms with Crippen LogP contribution in [-0.2, 0) is 6.42 Å². The van der Waals surface area contributed by atoms with Crippen LogP contribution in [0.4, 0.5) is 26.3 Å². The Kier molecular flexibility index (Phi) is 8.13. The number of hydrogen-bond donors (Lipinski definition) is 1. The van der Waals surface area contributed by atoms with Crippen LogP contribution in [0.5, 0.6) is 0 Å². The lowest BCUT2D eigenvalue weighted by Crippen LogP contribution is -2.36. The van der Waals surface area contributed by atoms with E-state index in [0.29, 0.717) is 15.0 Å². The van der Waals surface area contributed by atoms with E-state index in [2.05, 4.69) is 10.2 Å². The summed E-state index contributed by atoms with van der Waals surface area (Å²) in [5.74, 6) is -3.58. The molecule has 2 aromatic carbocycles. The third-order valence-corrected chi connectivity index (χ3v) is 6.95. The van der Waals surface area contributed by atoms with Gasteiger partial charge in [0, 0.05) is 41.6 Å². The van der Waals surface area contributed by atoms with Gasteiger partial charge in [-0.05, 0) is 35.9 Å². The lowest BCUT2D eigenvalue weighted by molar-refractivity contribution is -0.615. The number of alkyl halides is 4. The number of hydrogen-bond acceptors (Lipinski definition) is 4. The van der Waals surface area contributed by atoms with Crippen LogP contribution in [0, 0.1) is 16.8 Å². The van der Waals surface area contributed by atoms with E-state index in [1.807, 2.05) is 0 Å². The molecule has 0 radical (unpaired) electrons. The Hall–Kier alpha value is -4.85. The summed E-state index contributed by atoms with van der Waals surface area (Å²) in [7, 11) is 0. The average molecular weight is 622 g/mol. The van der Waals surface area contributed by atoms with Gasteiger partial charge in [0.25, 0.3) is 6.43 Å². The first-order valence-corrected chi connectivity index (χ1v) is 12.7. The zero-order valence-corrected chi connectivity index (χ0v) is 22.3. The number of pyridine rings is 1. The van der Waals surface area contributed by atoms with Crippen LogP contribution in [0.3, 0.4) is 0 Å². The van der Waals surface area contributed by atoms with Crippen LogP contribution in [0.25, 0.3) is 22.3 Å². The van der Waals surface area contributed by atoms with Crippen molar-refractivity contribution in [1.29, 1.82) is 0 Å². The van der Waals surface area contributed by atoms with Gasteiger partial charge in [-0.1, -0.05) is 23.7 Å². The molecule has 0 aliphatic rings. The summed E-state index contributed by atoms with van der Waals surface area (Å²) in [5.41, 5.74) is -1.28. The van der Waals surface area contributed by atoms with Gasteiger partial charge in [-0.15, -0.1) is 0 Å². The van der Waals surface area contributed by atoms with Gasteiger partial charge < -0.3 is 10.3 Å². The van der Waals surface area contributed by atoms with E-state index >= 15 is 0 Å². The zero-order valence-electron chi connectivity index (χ0n) is 21.5.